The van der Waals surface area contributed by atoms with Crippen LogP contribution >= 0.6 is 0 Å². The van der Waals surface area contributed by atoms with Crippen molar-refractivity contribution in [1.82, 2.24) is 4.90 Å². The molecular weight excluding hydrogens is 243 g/mol. The Bertz CT molecular complexity index is 491. The van der Waals surface area contributed by atoms with Crippen LogP contribution in [0.3, 0.4) is 0 Å². The standard InChI is InChI=1S/C15H21FN2O/c1-9-4-10(2)8-18(7-9)15(19)13-6-12(17)5-11(3)14(13)16/h5-6,9-10H,4,7-8,17H2,1-3H3. The topological polar surface area (TPSA) is 46.3 Å². The minimum absolute atomic E-state index is 0.0961. The van der Waals surface area contributed by atoms with E-state index < -0.39 is 5.82 Å². The lowest BCUT2D eigenvalue weighted by atomic mass is 9.91. The quantitative estimate of drug-likeness (QED) is 0.793. The molecule has 1 heterocycles. The molecule has 4 heteroatoms. The summed E-state index contributed by atoms with van der Waals surface area (Å²) in [6, 6.07) is 2.99. The molecule has 2 unspecified atom stereocenters. The molecule has 0 radical (unpaired) electrons. The molecule has 0 spiro atoms. The van der Waals surface area contributed by atoms with Gasteiger partial charge in [-0.3, -0.25) is 4.79 Å². The van der Waals surface area contributed by atoms with Gasteiger partial charge < -0.3 is 10.6 Å². The van der Waals surface area contributed by atoms with Crippen LogP contribution in [0.25, 0.3) is 0 Å². The summed E-state index contributed by atoms with van der Waals surface area (Å²) in [4.78, 5) is 14.2. The Morgan fingerprint density at radius 1 is 1.32 bits per heavy atom. The van der Waals surface area contributed by atoms with E-state index in [9.17, 15) is 9.18 Å². The van der Waals surface area contributed by atoms with E-state index >= 15 is 0 Å². The van der Waals surface area contributed by atoms with Gasteiger partial charge in [0.1, 0.15) is 5.82 Å². The van der Waals surface area contributed by atoms with E-state index in [0.29, 0.717) is 36.2 Å². The van der Waals surface area contributed by atoms with Crippen LogP contribution in [0.5, 0.6) is 0 Å². The zero-order valence-electron chi connectivity index (χ0n) is 11.7. The minimum Gasteiger partial charge on any atom is -0.399 e. The van der Waals surface area contributed by atoms with Crippen molar-refractivity contribution >= 4 is 11.6 Å². The Morgan fingerprint density at radius 3 is 2.47 bits per heavy atom. The molecule has 2 N–H and O–H groups in total. The lowest BCUT2D eigenvalue weighted by Crippen LogP contribution is -2.42. The number of halogens is 1. The largest absolute Gasteiger partial charge is 0.399 e. The number of benzene rings is 1. The molecule has 2 atom stereocenters. The molecule has 1 aromatic rings. The van der Waals surface area contributed by atoms with Crippen molar-refractivity contribution in [3.05, 3.63) is 29.1 Å². The smallest absolute Gasteiger partial charge is 0.256 e. The number of likely N-dealkylation sites (tertiary alicyclic amines) is 1. The highest BCUT2D eigenvalue weighted by molar-refractivity contribution is 5.95. The van der Waals surface area contributed by atoms with Gasteiger partial charge in [0.25, 0.3) is 5.91 Å². The number of nitrogens with zero attached hydrogens (tertiary/aromatic N) is 1. The maximum Gasteiger partial charge on any atom is 0.256 e. The van der Waals surface area contributed by atoms with Gasteiger partial charge in [0.15, 0.2) is 0 Å². The first-order valence-corrected chi connectivity index (χ1v) is 6.73. The van der Waals surface area contributed by atoms with Crippen LogP contribution in [-0.4, -0.2) is 23.9 Å². The van der Waals surface area contributed by atoms with E-state index in [-0.39, 0.29) is 11.5 Å². The average molecular weight is 264 g/mol. The molecule has 0 bridgehead atoms. The first kappa shape index (κ1) is 13.8. The second-order valence-electron chi connectivity index (χ2n) is 5.86. The van der Waals surface area contributed by atoms with Crippen LogP contribution in [0, 0.1) is 24.6 Å². The number of rotatable bonds is 1. The fourth-order valence-electron chi connectivity index (χ4n) is 2.95. The van der Waals surface area contributed by atoms with Crippen molar-refractivity contribution in [2.24, 2.45) is 11.8 Å². The lowest BCUT2D eigenvalue weighted by molar-refractivity contribution is 0.0618. The van der Waals surface area contributed by atoms with Crippen molar-refractivity contribution in [3.8, 4) is 0 Å². The Kier molecular flexibility index (Phi) is 3.78. The van der Waals surface area contributed by atoms with Gasteiger partial charge in [0.05, 0.1) is 5.56 Å². The van der Waals surface area contributed by atoms with E-state index in [1.807, 2.05) is 0 Å². The third kappa shape index (κ3) is 2.88. The highest BCUT2D eigenvalue weighted by Gasteiger charge is 2.28. The van der Waals surface area contributed by atoms with E-state index in [4.69, 9.17) is 5.73 Å². The van der Waals surface area contributed by atoms with E-state index in [0.717, 1.165) is 6.42 Å². The molecule has 1 amide bonds. The van der Waals surface area contributed by atoms with E-state index in [2.05, 4.69) is 13.8 Å². The number of amides is 1. The van der Waals surface area contributed by atoms with Crippen LogP contribution in [0.2, 0.25) is 0 Å². The van der Waals surface area contributed by atoms with Crippen molar-refractivity contribution in [3.63, 3.8) is 0 Å². The Labute approximate surface area is 113 Å². The number of aryl methyl sites for hydroxylation is 1. The van der Waals surface area contributed by atoms with Gasteiger partial charge in [-0.25, -0.2) is 4.39 Å². The fourth-order valence-corrected chi connectivity index (χ4v) is 2.95. The van der Waals surface area contributed by atoms with Crippen LogP contribution in [0.15, 0.2) is 12.1 Å². The molecule has 104 valence electrons. The lowest BCUT2D eigenvalue weighted by Gasteiger charge is -2.35. The van der Waals surface area contributed by atoms with Crippen LogP contribution < -0.4 is 5.73 Å². The second-order valence-corrected chi connectivity index (χ2v) is 5.86. The predicted octanol–water partition coefficient (Wildman–Crippen LogP) is 2.83. The molecule has 2 rings (SSSR count). The molecule has 3 nitrogen and oxygen atoms in total. The maximum atomic E-state index is 14.1. The third-order valence-electron chi connectivity index (χ3n) is 3.66. The number of piperidine rings is 1. The predicted molar refractivity (Wildman–Crippen MR) is 74.4 cm³/mol. The second kappa shape index (κ2) is 5.19. The monoisotopic (exact) mass is 264 g/mol. The molecule has 0 saturated carbocycles. The average Bonchev–Trinajstić information content (AvgIpc) is 2.31. The van der Waals surface area contributed by atoms with E-state index in [1.165, 1.54) is 6.07 Å². The van der Waals surface area contributed by atoms with Gasteiger partial charge in [0, 0.05) is 18.8 Å². The van der Waals surface area contributed by atoms with E-state index in [1.54, 1.807) is 17.9 Å². The summed E-state index contributed by atoms with van der Waals surface area (Å²) in [6.45, 7) is 7.25. The number of anilines is 1. The number of nitrogen functional groups attached to an aromatic ring is 1. The summed E-state index contributed by atoms with van der Waals surface area (Å²) in [6.07, 6.45) is 1.11. The molecule has 19 heavy (non-hydrogen) atoms. The number of hydrogen-bond donors (Lipinski definition) is 1. The summed E-state index contributed by atoms with van der Waals surface area (Å²) < 4.78 is 14.1. The molecular formula is C15H21FN2O. The number of nitrogens with two attached hydrogens (primary N) is 1. The molecule has 1 aliphatic heterocycles. The van der Waals surface area contributed by atoms with Crippen molar-refractivity contribution in [1.29, 1.82) is 0 Å². The first-order chi connectivity index (χ1) is 8.88. The van der Waals surface area contributed by atoms with Gasteiger partial charge in [-0.1, -0.05) is 13.8 Å². The highest BCUT2D eigenvalue weighted by Crippen LogP contribution is 2.25. The highest BCUT2D eigenvalue weighted by atomic mass is 19.1. The van der Waals surface area contributed by atoms with Gasteiger partial charge in [-0.15, -0.1) is 0 Å². The SMILES string of the molecule is Cc1cc(N)cc(C(=O)N2CC(C)CC(C)C2)c1F. The molecule has 0 aromatic heterocycles. The summed E-state index contributed by atoms with van der Waals surface area (Å²) in [5.74, 6) is 0.215. The Hall–Kier alpha value is -1.58. The first-order valence-electron chi connectivity index (χ1n) is 6.73. The van der Waals surface area contributed by atoms with Crippen molar-refractivity contribution in [2.45, 2.75) is 27.2 Å². The number of hydrogen-bond acceptors (Lipinski definition) is 2. The third-order valence-corrected chi connectivity index (χ3v) is 3.66. The molecule has 1 aromatic carbocycles. The fraction of sp³-hybridized carbons (Fsp3) is 0.533. The summed E-state index contributed by atoms with van der Waals surface area (Å²) in [5, 5.41) is 0. The summed E-state index contributed by atoms with van der Waals surface area (Å²) in [5.41, 5.74) is 6.66. The van der Waals surface area contributed by atoms with Gasteiger partial charge >= 0.3 is 0 Å². The van der Waals surface area contributed by atoms with Gasteiger partial charge in [0.2, 0.25) is 0 Å². The number of carbonyl (C=O) groups is 1. The maximum absolute atomic E-state index is 14.1. The van der Waals surface area contributed by atoms with Crippen molar-refractivity contribution in [2.75, 3.05) is 18.8 Å². The molecule has 0 aliphatic carbocycles. The molecule has 1 saturated heterocycles. The number of carbonyl (C=O) groups excluding carboxylic acids is 1. The Balaban J connectivity index is 2.29. The normalized spacial score (nSPS) is 23.5. The summed E-state index contributed by atoms with van der Waals surface area (Å²) in [7, 11) is 0. The summed E-state index contributed by atoms with van der Waals surface area (Å²) >= 11 is 0. The van der Waals surface area contributed by atoms with Crippen LogP contribution in [-0.2, 0) is 0 Å². The zero-order valence-corrected chi connectivity index (χ0v) is 11.7. The molecule has 1 aliphatic rings. The zero-order chi connectivity index (χ0) is 14.2. The van der Waals surface area contributed by atoms with Crippen LogP contribution in [0.4, 0.5) is 10.1 Å². The molecule has 1 fully saturated rings. The van der Waals surface area contributed by atoms with Gasteiger partial charge in [-0.05, 0) is 42.9 Å². The van der Waals surface area contributed by atoms with Crippen molar-refractivity contribution < 1.29 is 9.18 Å². The van der Waals surface area contributed by atoms with Crippen LogP contribution in [0.1, 0.15) is 36.2 Å². The Morgan fingerprint density at radius 2 is 1.89 bits per heavy atom. The van der Waals surface area contributed by atoms with Gasteiger partial charge in [-0.2, -0.15) is 0 Å². The minimum atomic E-state index is -0.454.